The second-order valence-electron chi connectivity index (χ2n) is 5.17. The molecule has 1 fully saturated rings. The monoisotopic (exact) mass is 241 g/mol. The van der Waals surface area contributed by atoms with Crippen LogP contribution < -0.4 is 0 Å². The van der Waals surface area contributed by atoms with Crippen LogP contribution in [0.25, 0.3) is 0 Å². The Hall–Kier alpha value is -0.570. The predicted octanol–water partition coefficient (Wildman–Crippen LogP) is 2.58. The lowest BCUT2D eigenvalue weighted by Gasteiger charge is -2.31. The minimum atomic E-state index is 0.277. The number of aliphatic hydroxyl groups excluding tert-OH is 1. The van der Waals surface area contributed by atoms with Crippen LogP contribution >= 0.6 is 0 Å². The minimum absolute atomic E-state index is 0.277. The fraction of sp³-hybridized carbons (Fsp3) is 0.929. The summed E-state index contributed by atoms with van der Waals surface area (Å²) in [6.07, 6.45) is 8.68. The number of aliphatic hydroxyl groups is 1. The number of nitrogens with zero attached hydrogens (tertiary/aromatic N) is 1. The summed E-state index contributed by atoms with van der Waals surface area (Å²) >= 11 is 0. The zero-order valence-corrected chi connectivity index (χ0v) is 11.2. The van der Waals surface area contributed by atoms with Crippen LogP contribution in [-0.2, 0) is 4.79 Å². The first-order valence-corrected chi connectivity index (χ1v) is 7.16. The summed E-state index contributed by atoms with van der Waals surface area (Å²) < 4.78 is 0. The summed E-state index contributed by atoms with van der Waals surface area (Å²) in [7, 11) is 0. The van der Waals surface area contributed by atoms with Gasteiger partial charge in [-0.15, -0.1) is 0 Å². The molecule has 1 rings (SSSR count). The van der Waals surface area contributed by atoms with Crippen LogP contribution in [0.3, 0.4) is 0 Å². The Balaban J connectivity index is 2.08. The highest BCUT2D eigenvalue weighted by molar-refractivity contribution is 5.76. The third kappa shape index (κ3) is 5.53. The molecular formula is C14H27NO2. The standard InChI is InChI=1S/C14H27NO2/c1-2-3-4-5-6-7-14(17)15-10-8-13(12-16)9-11-15/h13,16H,2-12H2,1H3. The molecule has 0 aromatic rings. The van der Waals surface area contributed by atoms with Crippen molar-refractivity contribution in [2.45, 2.75) is 58.3 Å². The highest BCUT2D eigenvalue weighted by atomic mass is 16.3. The third-order valence-electron chi connectivity index (χ3n) is 3.72. The molecular weight excluding hydrogens is 214 g/mol. The lowest BCUT2D eigenvalue weighted by Crippen LogP contribution is -2.39. The predicted molar refractivity (Wildman–Crippen MR) is 69.8 cm³/mol. The highest BCUT2D eigenvalue weighted by Crippen LogP contribution is 2.17. The molecule has 3 heteroatoms. The normalized spacial score (nSPS) is 17.4. The van der Waals surface area contributed by atoms with Crippen LogP contribution in [0.1, 0.15) is 58.3 Å². The molecule has 1 saturated heterocycles. The molecule has 1 N–H and O–H groups in total. The Kier molecular flexibility index (Phi) is 7.25. The number of piperidine rings is 1. The van der Waals surface area contributed by atoms with Crippen molar-refractivity contribution in [1.82, 2.24) is 4.90 Å². The van der Waals surface area contributed by atoms with Gasteiger partial charge in [0.15, 0.2) is 0 Å². The number of rotatable bonds is 7. The van der Waals surface area contributed by atoms with E-state index in [1.54, 1.807) is 0 Å². The molecule has 0 spiro atoms. The Morgan fingerprint density at radius 3 is 2.41 bits per heavy atom. The van der Waals surface area contributed by atoms with Gasteiger partial charge in [0, 0.05) is 26.1 Å². The fourth-order valence-electron chi connectivity index (χ4n) is 2.40. The van der Waals surface area contributed by atoms with E-state index in [1.165, 1.54) is 25.7 Å². The van der Waals surface area contributed by atoms with Gasteiger partial charge in [0.2, 0.25) is 5.91 Å². The van der Waals surface area contributed by atoms with Gasteiger partial charge in [-0.25, -0.2) is 0 Å². The average molecular weight is 241 g/mol. The van der Waals surface area contributed by atoms with Crippen LogP contribution in [0.5, 0.6) is 0 Å². The molecule has 0 radical (unpaired) electrons. The van der Waals surface area contributed by atoms with Crippen molar-refractivity contribution in [3.05, 3.63) is 0 Å². The van der Waals surface area contributed by atoms with Gasteiger partial charge in [-0.2, -0.15) is 0 Å². The lowest BCUT2D eigenvalue weighted by molar-refractivity contribution is -0.132. The van der Waals surface area contributed by atoms with Crippen molar-refractivity contribution in [1.29, 1.82) is 0 Å². The summed E-state index contributed by atoms with van der Waals surface area (Å²) in [5.41, 5.74) is 0. The first-order valence-electron chi connectivity index (χ1n) is 7.16. The zero-order valence-electron chi connectivity index (χ0n) is 11.2. The Morgan fingerprint density at radius 1 is 1.18 bits per heavy atom. The van der Waals surface area contributed by atoms with Crippen LogP contribution in [0, 0.1) is 5.92 Å². The Labute approximate surface area is 105 Å². The smallest absolute Gasteiger partial charge is 0.222 e. The summed E-state index contributed by atoms with van der Waals surface area (Å²) in [5.74, 6) is 0.737. The van der Waals surface area contributed by atoms with Gasteiger partial charge in [0.05, 0.1) is 0 Å². The largest absolute Gasteiger partial charge is 0.396 e. The van der Waals surface area contributed by atoms with Gasteiger partial charge in [-0.3, -0.25) is 4.79 Å². The first kappa shape index (κ1) is 14.5. The highest BCUT2D eigenvalue weighted by Gasteiger charge is 2.21. The molecule has 1 amide bonds. The number of carbonyl (C=O) groups excluding carboxylic acids is 1. The van der Waals surface area contributed by atoms with E-state index in [1.807, 2.05) is 4.90 Å². The molecule has 0 atom stereocenters. The molecule has 1 aliphatic heterocycles. The van der Waals surface area contributed by atoms with Crippen molar-refractivity contribution in [3.63, 3.8) is 0 Å². The number of carbonyl (C=O) groups is 1. The molecule has 0 saturated carbocycles. The van der Waals surface area contributed by atoms with Crippen molar-refractivity contribution in [3.8, 4) is 0 Å². The van der Waals surface area contributed by atoms with Gasteiger partial charge in [0.25, 0.3) is 0 Å². The molecule has 0 aliphatic carbocycles. The fourth-order valence-corrected chi connectivity index (χ4v) is 2.40. The quantitative estimate of drug-likeness (QED) is 0.696. The topological polar surface area (TPSA) is 40.5 Å². The molecule has 1 heterocycles. The van der Waals surface area contributed by atoms with Crippen molar-refractivity contribution in [2.24, 2.45) is 5.92 Å². The van der Waals surface area contributed by atoms with E-state index >= 15 is 0 Å². The maximum atomic E-state index is 11.9. The molecule has 0 unspecified atom stereocenters. The summed E-state index contributed by atoms with van der Waals surface area (Å²) in [4.78, 5) is 13.9. The van der Waals surface area contributed by atoms with Gasteiger partial charge >= 0.3 is 0 Å². The maximum Gasteiger partial charge on any atom is 0.222 e. The second-order valence-corrected chi connectivity index (χ2v) is 5.17. The lowest BCUT2D eigenvalue weighted by atomic mass is 9.97. The van der Waals surface area contributed by atoms with E-state index < -0.39 is 0 Å². The zero-order chi connectivity index (χ0) is 12.5. The number of likely N-dealkylation sites (tertiary alicyclic amines) is 1. The second kappa shape index (κ2) is 8.51. The number of unbranched alkanes of at least 4 members (excludes halogenated alkanes) is 4. The molecule has 0 aromatic heterocycles. The Morgan fingerprint density at radius 2 is 1.82 bits per heavy atom. The molecule has 0 aromatic carbocycles. The van der Waals surface area contributed by atoms with Gasteiger partial charge in [0.1, 0.15) is 0 Å². The van der Waals surface area contributed by atoms with Gasteiger partial charge < -0.3 is 10.0 Å². The average Bonchev–Trinajstić information content (AvgIpc) is 2.38. The van der Waals surface area contributed by atoms with E-state index in [4.69, 9.17) is 5.11 Å². The van der Waals surface area contributed by atoms with E-state index in [2.05, 4.69) is 6.92 Å². The van der Waals surface area contributed by atoms with Crippen LogP contribution in [0.4, 0.5) is 0 Å². The van der Waals surface area contributed by atoms with Crippen molar-refractivity contribution in [2.75, 3.05) is 19.7 Å². The first-order chi connectivity index (χ1) is 8.27. The summed E-state index contributed by atoms with van der Waals surface area (Å²) in [6.45, 7) is 4.17. The SMILES string of the molecule is CCCCCCCC(=O)N1CCC(CO)CC1. The van der Waals surface area contributed by atoms with Crippen molar-refractivity contribution >= 4 is 5.91 Å². The summed E-state index contributed by atoms with van der Waals surface area (Å²) in [6, 6.07) is 0. The molecule has 0 bridgehead atoms. The van der Waals surface area contributed by atoms with Crippen LogP contribution in [0.2, 0.25) is 0 Å². The van der Waals surface area contributed by atoms with Crippen LogP contribution in [0.15, 0.2) is 0 Å². The molecule has 1 aliphatic rings. The Bertz CT molecular complexity index is 210. The van der Waals surface area contributed by atoms with E-state index in [9.17, 15) is 4.79 Å². The van der Waals surface area contributed by atoms with E-state index in [0.717, 1.165) is 32.4 Å². The minimum Gasteiger partial charge on any atom is -0.396 e. The van der Waals surface area contributed by atoms with E-state index in [0.29, 0.717) is 18.2 Å². The number of hydrogen-bond acceptors (Lipinski definition) is 2. The molecule has 100 valence electrons. The van der Waals surface area contributed by atoms with E-state index in [-0.39, 0.29) is 6.61 Å². The van der Waals surface area contributed by atoms with Gasteiger partial charge in [-0.1, -0.05) is 32.6 Å². The van der Waals surface area contributed by atoms with Gasteiger partial charge in [-0.05, 0) is 25.2 Å². The number of hydrogen-bond donors (Lipinski definition) is 1. The molecule has 17 heavy (non-hydrogen) atoms. The van der Waals surface area contributed by atoms with Crippen LogP contribution in [-0.4, -0.2) is 35.6 Å². The van der Waals surface area contributed by atoms with Crippen molar-refractivity contribution < 1.29 is 9.90 Å². The molecule has 3 nitrogen and oxygen atoms in total. The maximum absolute atomic E-state index is 11.9. The number of amides is 1. The third-order valence-corrected chi connectivity index (χ3v) is 3.72. The summed E-state index contributed by atoms with van der Waals surface area (Å²) in [5, 5.41) is 9.04.